The molecule has 0 radical (unpaired) electrons. The predicted octanol–water partition coefficient (Wildman–Crippen LogP) is 2.35. The molecule has 0 saturated heterocycles. The van der Waals surface area contributed by atoms with Crippen LogP contribution >= 0.6 is 0 Å². The first-order valence-electron chi connectivity index (χ1n) is 7.06. The number of fused-ring (bicyclic) bond motifs is 1. The molecule has 0 fully saturated rings. The van der Waals surface area contributed by atoms with Gasteiger partial charge in [0.05, 0.1) is 0 Å². The van der Waals surface area contributed by atoms with Crippen LogP contribution in [0.4, 0.5) is 0 Å². The largest absolute Gasteiger partial charge is 0.837 e. The van der Waals surface area contributed by atoms with Gasteiger partial charge in [0.2, 0.25) is 0 Å². The molecule has 0 N–H and O–H groups in total. The Morgan fingerprint density at radius 3 is 2.18 bits per heavy atom. The highest BCUT2D eigenvalue weighted by Gasteiger charge is 2.18. The maximum Gasteiger partial charge on any atom is 0.190 e. The number of aromatic nitrogens is 3. The molecule has 22 heavy (non-hydrogen) atoms. The number of nitrogens with zero attached hydrogens (tertiary/aromatic N) is 3. The molecule has 2 aromatic heterocycles. The van der Waals surface area contributed by atoms with E-state index in [1.165, 1.54) is 4.68 Å². The Morgan fingerprint density at radius 1 is 0.773 bits per heavy atom. The lowest BCUT2D eigenvalue weighted by Crippen LogP contribution is -2.27. The number of hydrogen-bond donors (Lipinski definition) is 0. The van der Waals surface area contributed by atoms with Gasteiger partial charge >= 0.3 is 0 Å². The summed E-state index contributed by atoms with van der Waals surface area (Å²) in [4.78, 5) is 0. The van der Waals surface area contributed by atoms with Crippen molar-refractivity contribution in [2.24, 2.45) is 0 Å². The minimum Gasteiger partial charge on any atom is -0.837 e. The third kappa shape index (κ3) is 1.93. The zero-order valence-electron chi connectivity index (χ0n) is 11.8. The van der Waals surface area contributed by atoms with E-state index in [9.17, 15) is 5.11 Å². The van der Waals surface area contributed by atoms with Gasteiger partial charge in [-0.05, 0) is 24.3 Å². The molecule has 0 aliphatic rings. The van der Waals surface area contributed by atoms with Crippen molar-refractivity contribution < 1.29 is 9.62 Å². The lowest BCUT2D eigenvalue weighted by molar-refractivity contribution is -0.572. The van der Waals surface area contributed by atoms with Crippen LogP contribution in [-0.2, 0) is 0 Å². The molecule has 0 unspecified atom stereocenters. The van der Waals surface area contributed by atoms with E-state index >= 15 is 0 Å². The molecular weight excluding hydrogens is 274 g/mol. The van der Waals surface area contributed by atoms with Crippen LogP contribution in [0.25, 0.3) is 22.5 Å². The first-order valence-corrected chi connectivity index (χ1v) is 7.06. The number of para-hydroxylation sites is 1. The normalized spacial score (nSPS) is 10.9. The molecule has 4 aromatic rings. The highest BCUT2D eigenvalue weighted by Crippen LogP contribution is 2.20. The zero-order chi connectivity index (χ0) is 14.9. The fraction of sp³-hybridized carbons (Fsp3) is 0. The second kappa shape index (κ2) is 5.00. The predicted molar refractivity (Wildman–Crippen MR) is 81.6 cm³/mol. The Bertz CT molecular complexity index is 931. The number of pyridine rings is 1. The SMILES string of the molecule is [O-]c1c2cccc(-c3ccccc3)[n+]2nn1-c1ccccc1. The fourth-order valence-corrected chi connectivity index (χ4v) is 2.56. The van der Waals surface area contributed by atoms with Crippen molar-refractivity contribution in [3.63, 3.8) is 0 Å². The summed E-state index contributed by atoms with van der Waals surface area (Å²) in [7, 11) is 0. The lowest BCUT2D eigenvalue weighted by Gasteiger charge is -2.00. The Labute approximate surface area is 127 Å². The quantitative estimate of drug-likeness (QED) is 0.531. The Morgan fingerprint density at radius 2 is 1.45 bits per heavy atom. The van der Waals surface area contributed by atoms with Crippen LogP contribution in [0.1, 0.15) is 0 Å². The van der Waals surface area contributed by atoms with E-state index < -0.39 is 0 Å². The van der Waals surface area contributed by atoms with Gasteiger partial charge in [0, 0.05) is 5.56 Å². The van der Waals surface area contributed by atoms with Crippen molar-refractivity contribution >= 4 is 5.52 Å². The maximum absolute atomic E-state index is 12.6. The molecule has 0 saturated carbocycles. The summed E-state index contributed by atoms with van der Waals surface area (Å²) in [5, 5.41) is 17.1. The molecule has 2 heterocycles. The van der Waals surface area contributed by atoms with Crippen LogP contribution in [0, 0.1) is 0 Å². The first kappa shape index (κ1) is 12.6. The summed E-state index contributed by atoms with van der Waals surface area (Å²) in [5.74, 6) is -0.121. The molecule has 0 atom stereocenters. The third-order valence-electron chi connectivity index (χ3n) is 3.63. The Kier molecular flexibility index (Phi) is 2.86. The highest BCUT2D eigenvalue weighted by molar-refractivity contribution is 5.60. The number of benzene rings is 2. The summed E-state index contributed by atoms with van der Waals surface area (Å²) < 4.78 is 3.13. The molecule has 0 spiro atoms. The van der Waals surface area contributed by atoms with Gasteiger partial charge in [-0.25, -0.2) is 0 Å². The van der Waals surface area contributed by atoms with E-state index in [0.29, 0.717) is 5.52 Å². The van der Waals surface area contributed by atoms with Gasteiger partial charge in [0.15, 0.2) is 16.9 Å². The standard InChI is InChI=1S/C18H13N3O/c22-18-17-13-7-12-16(14-8-3-1-4-9-14)21(17)19-20(18)15-10-5-2-6-11-15/h1-13H. The van der Waals surface area contributed by atoms with E-state index in [1.54, 1.807) is 10.6 Å². The van der Waals surface area contributed by atoms with Crippen molar-refractivity contribution in [2.45, 2.75) is 0 Å². The topological polar surface area (TPSA) is 45.0 Å². The van der Waals surface area contributed by atoms with Crippen molar-refractivity contribution in [2.75, 3.05) is 0 Å². The highest BCUT2D eigenvalue weighted by atomic mass is 16.3. The molecule has 0 amide bonds. The molecule has 0 aliphatic heterocycles. The molecule has 106 valence electrons. The Hall–Kier alpha value is -3.14. The lowest BCUT2D eigenvalue weighted by atomic mass is 10.1. The van der Waals surface area contributed by atoms with Crippen molar-refractivity contribution in [1.82, 2.24) is 9.90 Å². The van der Waals surface area contributed by atoms with Crippen molar-refractivity contribution in [3.8, 4) is 22.8 Å². The summed E-state index contributed by atoms with van der Waals surface area (Å²) in [6.07, 6.45) is 0. The van der Waals surface area contributed by atoms with Crippen molar-refractivity contribution in [1.29, 1.82) is 0 Å². The molecular formula is C18H13N3O. The maximum atomic E-state index is 12.6. The van der Waals surface area contributed by atoms with E-state index in [4.69, 9.17) is 0 Å². The second-order valence-corrected chi connectivity index (χ2v) is 5.02. The smallest absolute Gasteiger partial charge is 0.190 e. The van der Waals surface area contributed by atoms with Gasteiger partial charge in [-0.3, -0.25) is 0 Å². The van der Waals surface area contributed by atoms with Crippen LogP contribution in [0.3, 0.4) is 0 Å². The minimum absolute atomic E-state index is 0.121. The molecule has 2 aromatic carbocycles. The summed E-state index contributed by atoms with van der Waals surface area (Å²) in [5.41, 5.74) is 3.24. The second-order valence-electron chi connectivity index (χ2n) is 5.02. The summed E-state index contributed by atoms with van der Waals surface area (Å²) >= 11 is 0. The van der Waals surface area contributed by atoms with E-state index in [2.05, 4.69) is 5.21 Å². The first-order chi connectivity index (χ1) is 10.8. The summed E-state index contributed by atoms with van der Waals surface area (Å²) in [6.45, 7) is 0. The average Bonchev–Trinajstić information content (AvgIpc) is 2.94. The molecule has 4 heteroatoms. The van der Waals surface area contributed by atoms with Gasteiger partial charge in [-0.2, -0.15) is 0 Å². The summed E-state index contributed by atoms with van der Waals surface area (Å²) in [6, 6.07) is 25.0. The monoisotopic (exact) mass is 287 g/mol. The van der Waals surface area contributed by atoms with Gasteiger partial charge < -0.3 is 5.11 Å². The molecule has 0 bridgehead atoms. The van der Waals surface area contributed by atoms with Crippen LogP contribution in [-0.4, -0.2) is 9.90 Å². The Balaban J connectivity index is 1.99. The molecule has 4 nitrogen and oxygen atoms in total. The fourth-order valence-electron chi connectivity index (χ4n) is 2.56. The van der Waals surface area contributed by atoms with E-state index in [0.717, 1.165) is 16.9 Å². The molecule has 0 aliphatic carbocycles. The minimum atomic E-state index is -0.121. The zero-order valence-corrected chi connectivity index (χ0v) is 11.8. The molecule has 4 rings (SSSR count). The number of hydrogen-bond acceptors (Lipinski definition) is 2. The van der Waals surface area contributed by atoms with Gasteiger partial charge in [-0.15, -0.1) is 4.68 Å². The van der Waals surface area contributed by atoms with Crippen LogP contribution < -0.4 is 9.62 Å². The van der Waals surface area contributed by atoms with Crippen LogP contribution in [0.5, 0.6) is 5.88 Å². The number of rotatable bonds is 2. The van der Waals surface area contributed by atoms with Crippen LogP contribution in [0.15, 0.2) is 78.9 Å². The average molecular weight is 287 g/mol. The van der Waals surface area contributed by atoms with Gasteiger partial charge in [0.25, 0.3) is 0 Å². The van der Waals surface area contributed by atoms with Gasteiger partial charge in [-0.1, -0.05) is 59.1 Å². The van der Waals surface area contributed by atoms with E-state index in [-0.39, 0.29) is 5.88 Å². The van der Waals surface area contributed by atoms with E-state index in [1.807, 2.05) is 72.8 Å². The van der Waals surface area contributed by atoms with Crippen molar-refractivity contribution in [3.05, 3.63) is 78.9 Å². The third-order valence-corrected chi connectivity index (χ3v) is 3.63. The van der Waals surface area contributed by atoms with Gasteiger partial charge in [0.1, 0.15) is 11.1 Å². The van der Waals surface area contributed by atoms with Crippen LogP contribution in [0.2, 0.25) is 0 Å².